The third-order valence-electron chi connectivity index (χ3n) is 3.32. The molecule has 3 heterocycles. The van der Waals surface area contributed by atoms with Crippen LogP contribution in [0.25, 0.3) is 11.3 Å². The van der Waals surface area contributed by atoms with Crippen molar-refractivity contribution < 1.29 is 17.9 Å². The number of nitrogens with two attached hydrogens (primary N) is 1. The zero-order chi connectivity index (χ0) is 16.4. The number of hydrogen-bond acceptors (Lipinski definition) is 7. The van der Waals surface area contributed by atoms with Crippen molar-refractivity contribution in [3.05, 3.63) is 24.2 Å². The number of halogens is 3. The minimum absolute atomic E-state index is 0.0234. The number of nitrogen functional groups attached to an aromatic ring is 1. The summed E-state index contributed by atoms with van der Waals surface area (Å²) in [6.45, 7) is 1.99. The van der Waals surface area contributed by atoms with Gasteiger partial charge in [-0.3, -0.25) is 0 Å². The van der Waals surface area contributed by atoms with Crippen molar-refractivity contribution in [3.63, 3.8) is 0 Å². The van der Waals surface area contributed by atoms with Crippen LogP contribution in [0.2, 0.25) is 0 Å². The summed E-state index contributed by atoms with van der Waals surface area (Å²) in [5, 5.41) is 0. The van der Waals surface area contributed by atoms with E-state index < -0.39 is 11.7 Å². The molecule has 0 saturated carbocycles. The molecule has 0 spiro atoms. The number of morpholine rings is 1. The Balaban J connectivity index is 2.06. The number of nitrogens with zero attached hydrogens (tertiary/aromatic N) is 5. The molecule has 7 nitrogen and oxygen atoms in total. The van der Waals surface area contributed by atoms with E-state index in [1.165, 1.54) is 12.4 Å². The molecule has 122 valence electrons. The van der Waals surface area contributed by atoms with Gasteiger partial charge in [0.05, 0.1) is 18.9 Å². The van der Waals surface area contributed by atoms with Gasteiger partial charge in [-0.1, -0.05) is 0 Å². The SMILES string of the molecule is Nc1ncc(-c2nc(N3CCOCC3)ncc2C(F)(F)F)cn1. The lowest BCUT2D eigenvalue weighted by Crippen LogP contribution is -2.37. The lowest BCUT2D eigenvalue weighted by Gasteiger charge is -2.27. The first-order chi connectivity index (χ1) is 10.9. The largest absolute Gasteiger partial charge is 0.419 e. The molecule has 0 aliphatic carbocycles. The summed E-state index contributed by atoms with van der Waals surface area (Å²) in [6.07, 6.45) is -1.38. The minimum atomic E-state index is -4.58. The molecule has 0 bridgehead atoms. The lowest BCUT2D eigenvalue weighted by atomic mass is 10.1. The van der Waals surface area contributed by atoms with Crippen LogP contribution in [-0.2, 0) is 10.9 Å². The van der Waals surface area contributed by atoms with Gasteiger partial charge < -0.3 is 15.4 Å². The summed E-state index contributed by atoms with van der Waals surface area (Å²) in [5.41, 5.74) is 4.29. The highest BCUT2D eigenvalue weighted by molar-refractivity contribution is 5.63. The Kier molecular flexibility index (Phi) is 3.99. The maximum Gasteiger partial charge on any atom is 0.419 e. The number of alkyl halides is 3. The van der Waals surface area contributed by atoms with E-state index in [1.54, 1.807) is 4.90 Å². The maximum atomic E-state index is 13.2. The predicted molar refractivity (Wildman–Crippen MR) is 75.5 cm³/mol. The van der Waals surface area contributed by atoms with E-state index in [4.69, 9.17) is 10.5 Å². The molecule has 1 aliphatic rings. The fraction of sp³-hybridized carbons (Fsp3) is 0.385. The van der Waals surface area contributed by atoms with Gasteiger partial charge in [0.25, 0.3) is 0 Å². The smallest absolute Gasteiger partial charge is 0.378 e. The molecule has 0 aromatic carbocycles. The normalized spacial score (nSPS) is 15.7. The molecular formula is C13H13F3N6O. The second-order valence-corrected chi connectivity index (χ2v) is 4.86. The van der Waals surface area contributed by atoms with Gasteiger partial charge in [0.1, 0.15) is 5.56 Å². The van der Waals surface area contributed by atoms with Crippen LogP contribution in [-0.4, -0.2) is 46.2 Å². The van der Waals surface area contributed by atoms with Gasteiger partial charge in [-0.2, -0.15) is 13.2 Å². The van der Waals surface area contributed by atoms with Crippen LogP contribution in [0.1, 0.15) is 5.56 Å². The zero-order valence-corrected chi connectivity index (χ0v) is 11.9. The van der Waals surface area contributed by atoms with E-state index in [1.807, 2.05) is 0 Å². The van der Waals surface area contributed by atoms with Crippen LogP contribution >= 0.6 is 0 Å². The van der Waals surface area contributed by atoms with E-state index in [-0.39, 0.29) is 23.2 Å². The van der Waals surface area contributed by atoms with Crippen molar-refractivity contribution in [1.82, 2.24) is 19.9 Å². The molecule has 10 heteroatoms. The molecule has 1 fully saturated rings. The molecule has 1 aliphatic heterocycles. The van der Waals surface area contributed by atoms with Crippen molar-refractivity contribution in [2.45, 2.75) is 6.18 Å². The molecule has 1 saturated heterocycles. The highest BCUT2D eigenvalue weighted by Crippen LogP contribution is 2.36. The van der Waals surface area contributed by atoms with E-state index in [0.717, 1.165) is 6.20 Å². The number of aromatic nitrogens is 4. The molecule has 2 aromatic heterocycles. The standard InChI is InChI=1S/C13H13F3N6O/c14-13(15,16)9-7-20-12(22-1-3-23-4-2-22)21-10(9)8-5-18-11(17)19-6-8/h5-7H,1-4H2,(H2,17,18,19). The Morgan fingerprint density at radius 1 is 1.04 bits per heavy atom. The molecule has 3 rings (SSSR count). The summed E-state index contributed by atoms with van der Waals surface area (Å²) >= 11 is 0. The monoisotopic (exact) mass is 326 g/mol. The zero-order valence-electron chi connectivity index (χ0n) is 11.9. The van der Waals surface area contributed by atoms with Gasteiger partial charge in [-0.25, -0.2) is 19.9 Å². The van der Waals surface area contributed by atoms with Gasteiger partial charge in [-0.05, 0) is 0 Å². The highest BCUT2D eigenvalue weighted by atomic mass is 19.4. The second kappa shape index (κ2) is 5.95. The summed E-state index contributed by atoms with van der Waals surface area (Å²) in [7, 11) is 0. The Bertz CT molecular complexity index is 685. The van der Waals surface area contributed by atoms with Crippen molar-refractivity contribution in [2.24, 2.45) is 0 Å². The molecule has 2 aromatic rings. The Morgan fingerprint density at radius 2 is 1.70 bits per heavy atom. The van der Waals surface area contributed by atoms with Crippen molar-refractivity contribution >= 4 is 11.9 Å². The third kappa shape index (κ3) is 3.31. The van der Waals surface area contributed by atoms with Crippen LogP contribution in [0.3, 0.4) is 0 Å². The fourth-order valence-electron chi connectivity index (χ4n) is 2.18. The average Bonchev–Trinajstić information content (AvgIpc) is 2.55. The van der Waals surface area contributed by atoms with Crippen LogP contribution in [0, 0.1) is 0 Å². The molecular weight excluding hydrogens is 313 g/mol. The summed E-state index contributed by atoms with van der Waals surface area (Å²) in [6, 6.07) is 0. The molecule has 0 radical (unpaired) electrons. The fourth-order valence-corrected chi connectivity index (χ4v) is 2.18. The van der Waals surface area contributed by atoms with E-state index in [9.17, 15) is 13.2 Å². The van der Waals surface area contributed by atoms with Gasteiger partial charge in [0, 0.05) is 37.2 Å². The number of hydrogen-bond donors (Lipinski definition) is 1. The van der Waals surface area contributed by atoms with Gasteiger partial charge >= 0.3 is 6.18 Å². The van der Waals surface area contributed by atoms with E-state index >= 15 is 0 Å². The van der Waals surface area contributed by atoms with Gasteiger partial charge in [0.2, 0.25) is 11.9 Å². The van der Waals surface area contributed by atoms with Crippen LogP contribution < -0.4 is 10.6 Å². The highest BCUT2D eigenvalue weighted by Gasteiger charge is 2.36. The molecule has 23 heavy (non-hydrogen) atoms. The van der Waals surface area contributed by atoms with Gasteiger partial charge in [-0.15, -0.1) is 0 Å². The van der Waals surface area contributed by atoms with Crippen molar-refractivity contribution in [3.8, 4) is 11.3 Å². The lowest BCUT2D eigenvalue weighted by molar-refractivity contribution is -0.137. The Morgan fingerprint density at radius 3 is 2.30 bits per heavy atom. The Labute approximate surface area is 129 Å². The first kappa shape index (κ1) is 15.4. The number of rotatable bonds is 2. The number of ether oxygens (including phenoxy) is 1. The van der Waals surface area contributed by atoms with E-state index in [2.05, 4.69) is 19.9 Å². The molecule has 2 N–H and O–H groups in total. The van der Waals surface area contributed by atoms with Crippen molar-refractivity contribution in [2.75, 3.05) is 36.9 Å². The average molecular weight is 326 g/mol. The molecule has 0 amide bonds. The Hall–Kier alpha value is -2.49. The third-order valence-corrected chi connectivity index (χ3v) is 3.32. The summed E-state index contributed by atoms with van der Waals surface area (Å²) in [5.74, 6) is 0.192. The predicted octanol–water partition coefficient (Wildman–Crippen LogP) is 1.37. The van der Waals surface area contributed by atoms with Crippen molar-refractivity contribution in [1.29, 1.82) is 0 Å². The van der Waals surface area contributed by atoms with Crippen LogP contribution in [0.5, 0.6) is 0 Å². The summed E-state index contributed by atoms with van der Waals surface area (Å²) in [4.78, 5) is 17.1. The summed E-state index contributed by atoms with van der Waals surface area (Å²) < 4.78 is 44.8. The minimum Gasteiger partial charge on any atom is -0.378 e. The maximum absolute atomic E-state index is 13.2. The molecule has 0 atom stereocenters. The first-order valence-corrected chi connectivity index (χ1v) is 6.80. The van der Waals surface area contributed by atoms with E-state index in [0.29, 0.717) is 26.3 Å². The molecule has 0 unspecified atom stereocenters. The van der Waals surface area contributed by atoms with Gasteiger partial charge in [0.15, 0.2) is 0 Å². The van der Waals surface area contributed by atoms with Crippen LogP contribution in [0.15, 0.2) is 18.6 Å². The topological polar surface area (TPSA) is 90.0 Å². The first-order valence-electron chi connectivity index (χ1n) is 6.80. The number of anilines is 2. The quantitative estimate of drug-likeness (QED) is 0.891. The second-order valence-electron chi connectivity index (χ2n) is 4.86. The van der Waals surface area contributed by atoms with Crippen LogP contribution in [0.4, 0.5) is 25.1 Å².